The van der Waals surface area contributed by atoms with E-state index >= 15 is 0 Å². The lowest BCUT2D eigenvalue weighted by Gasteiger charge is -2.35. The fourth-order valence-electron chi connectivity index (χ4n) is 3.09. The monoisotopic (exact) mass is 384 g/mol. The Labute approximate surface area is 152 Å². The molecule has 0 bridgehead atoms. The van der Waals surface area contributed by atoms with Crippen LogP contribution in [0.3, 0.4) is 0 Å². The van der Waals surface area contributed by atoms with Gasteiger partial charge in [-0.15, -0.1) is 0 Å². The minimum Gasteiger partial charge on any atom is -0.495 e. The summed E-state index contributed by atoms with van der Waals surface area (Å²) in [6.45, 7) is 3.20. The normalized spacial score (nSPS) is 19.1. The number of nitrogens with one attached hydrogen (secondary N) is 1. The van der Waals surface area contributed by atoms with Crippen molar-refractivity contribution in [1.82, 2.24) is 19.2 Å². The molecule has 9 heteroatoms. The molecule has 0 amide bonds. The fourth-order valence-corrected chi connectivity index (χ4v) is 5.22. The smallest absolute Gasteiger partial charge is 0.244 e. The van der Waals surface area contributed by atoms with Gasteiger partial charge in [0.1, 0.15) is 11.6 Å². The number of benzene rings is 1. The van der Waals surface area contributed by atoms with Crippen LogP contribution in [-0.4, -0.2) is 49.0 Å². The van der Waals surface area contributed by atoms with Gasteiger partial charge in [-0.1, -0.05) is 11.6 Å². The van der Waals surface area contributed by atoms with Gasteiger partial charge in [0.2, 0.25) is 10.0 Å². The summed E-state index contributed by atoms with van der Waals surface area (Å²) in [6, 6.07) is 2.73. The summed E-state index contributed by atoms with van der Waals surface area (Å²) in [5.74, 6) is 1.16. The van der Waals surface area contributed by atoms with Crippen molar-refractivity contribution in [1.29, 1.82) is 0 Å². The van der Waals surface area contributed by atoms with Gasteiger partial charge in [0.05, 0.1) is 23.1 Å². The largest absolute Gasteiger partial charge is 0.495 e. The Kier molecular flexibility index (Phi) is 5.06. The number of aryl methyl sites for hydroxylation is 2. The van der Waals surface area contributed by atoms with Crippen molar-refractivity contribution in [2.75, 3.05) is 26.7 Å². The van der Waals surface area contributed by atoms with E-state index in [4.69, 9.17) is 16.3 Å². The number of hydrogen-bond acceptors (Lipinski definition) is 5. The number of methoxy groups -OCH3 is 1. The van der Waals surface area contributed by atoms with Crippen LogP contribution in [0.4, 0.5) is 0 Å². The minimum absolute atomic E-state index is 0.194. The topological polar surface area (TPSA) is 76.5 Å². The zero-order valence-corrected chi connectivity index (χ0v) is 15.9. The Morgan fingerprint density at radius 2 is 2.16 bits per heavy atom. The molecule has 7 nitrogen and oxygen atoms in total. The van der Waals surface area contributed by atoms with Crippen LogP contribution in [0.15, 0.2) is 29.4 Å². The summed E-state index contributed by atoms with van der Waals surface area (Å²) >= 11 is 6.17. The van der Waals surface area contributed by atoms with Gasteiger partial charge in [-0.25, -0.2) is 13.4 Å². The van der Waals surface area contributed by atoms with E-state index in [1.807, 2.05) is 17.8 Å². The van der Waals surface area contributed by atoms with E-state index in [1.165, 1.54) is 17.5 Å². The lowest BCUT2D eigenvalue weighted by molar-refractivity contribution is 0.258. The van der Waals surface area contributed by atoms with Crippen molar-refractivity contribution in [3.05, 3.63) is 40.9 Å². The van der Waals surface area contributed by atoms with Gasteiger partial charge in [0.15, 0.2) is 0 Å². The first-order chi connectivity index (χ1) is 11.9. The Bertz CT molecular complexity index is 882. The number of halogens is 1. The van der Waals surface area contributed by atoms with Crippen LogP contribution >= 0.6 is 11.6 Å². The highest BCUT2D eigenvalue weighted by Gasteiger charge is 2.37. The average Bonchev–Trinajstić information content (AvgIpc) is 3.02. The number of imidazole rings is 1. The second-order valence-corrected chi connectivity index (χ2v) is 8.25. The van der Waals surface area contributed by atoms with E-state index in [1.54, 1.807) is 19.2 Å². The molecule has 1 atom stereocenters. The molecular formula is C16H21ClN4O3S. The average molecular weight is 385 g/mol. The fraction of sp³-hybridized carbons (Fsp3) is 0.438. The van der Waals surface area contributed by atoms with Gasteiger partial charge in [-0.05, 0) is 24.6 Å². The number of sulfonamides is 1. The van der Waals surface area contributed by atoms with Crippen molar-refractivity contribution < 1.29 is 13.2 Å². The maximum absolute atomic E-state index is 13.3. The molecule has 1 aliphatic rings. The zero-order chi connectivity index (χ0) is 18.2. The van der Waals surface area contributed by atoms with Gasteiger partial charge in [0, 0.05) is 39.1 Å². The molecular weight excluding hydrogens is 364 g/mol. The van der Waals surface area contributed by atoms with Crippen LogP contribution in [0.1, 0.15) is 17.4 Å². The number of ether oxygens (including phenoxy) is 1. The van der Waals surface area contributed by atoms with E-state index in [9.17, 15) is 8.42 Å². The number of nitrogens with zero attached hydrogens (tertiary/aromatic N) is 3. The maximum Gasteiger partial charge on any atom is 0.244 e. The molecule has 1 saturated heterocycles. The van der Waals surface area contributed by atoms with Crippen molar-refractivity contribution in [2.24, 2.45) is 7.05 Å². The third kappa shape index (κ3) is 3.27. The van der Waals surface area contributed by atoms with Gasteiger partial charge >= 0.3 is 0 Å². The molecule has 0 aliphatic carbocycles. The van der Waals surface area contributed by atoms with Crippen LogP contribution in [0.5, 0.6) is 5.75 Å². The quantitative estimate of drug-likeness (QED) is 0.868. The molecule has 1 aromatic heterocycles. The van der Waals surface area contributed by atoms with Crippen molar-refractivity contribution >= 4 is 21.6 Å². The minimum atomic E-state index is -3.73. The molecule has 0 radical (unpaired) electrons. The van der Waals surface area contributed by atoms with Gasteiger partial charge in [-0.2, -0.15) is 4.31 Å². The highest BCUT2D eigenvalue weighted by atomic mass is 35.5. The molecule has 2 aromatic rings. The molecule has 2 heterocycles. The van der Waals surface area contributed by atoms with E-state index in [-0.39, 0.29) is 16.0 Å². The molecule has 1 aliphatic heterocycles. The zero-order valence-electron chi connectivity index (χ0n) is 14.4. The lowest BCUT2D eigenvalue weighted by Crippen LogP contribution is -2.49. The predicted octanol–water partition coefficient (Wildman–Crippen LogP) is 1.73. The van der Waals surface area contributed by atoms with Crippen LogP contribution in [-0.2, 0) is 17.1 Å². The van der Waals surface area contributed by atoms with E-state index in [0.29, 0.717) is 36.8 Å². The molecule has 0 spiro atoms. The third-order valence-corrected chi connectivity index (χ3v) is 6.73. The van der Waals surface area contributed by atoms with Crippen LogP contribution < -0.4 is 10.1 Å². The third-order valence-electron chi connectivity index (χ3n) is 4.39. The Hall–Kier alpha value is -1.61. The molecule has 1 aromatic carbocycles. The van der Waals surface area contributed by atoms with Gasteiger partial charge in [0.25, 0.3) is 0 Å². The number of rotatable bonds is 4. The van der Waals surface area contributed by atoms with E-state index in [2.05, 4.69) is 10.3 Å². The first kappa shape index (κ1) is 18.2. The SMILES string of the molecule is COc1cc(C)c(S(=O)(=O)N2CCNCC2c2nccn2C)cc1Cl. The van der Waals surface area contributed by atoms with E-state index < -0.39 is 10.0 Å². The molecule has 136 valence electrons. The standard InChI is InChI=1S/C16H21ClN4O3S/c1-11-8-14(24-3)12(17)9-15(11)25(22,23)21-7-4-18-10-13(21)16-19-5-6-20(16)2/h5-6,8-9,13,18H,4,7,10H2,1-3H3. The van der Waals surface area contributed by atoms with Crippen LogP contribution in [0.25, 0.3) is 0 Å². The van der Waals surface area contributed by atoms with E-state index in [0.717, 1.165) is 0 Å². The number of aromatic nitrogens is 2. The first-order valence-corrected chi connectivity index (χ1v) is 9.72. The highest BCUT2D eigenvalue weighted by Crippen LogP contribution is 2.34. The Balaban J connectivity index is 2.06. The molecule has 3 rings (SSSR count). The summed E-state index contributed by atoms with van der Waals surface area (Å²) in [5.41, 5.74) is 0.596. The molecule has 1 unspecified atom stereocenters. The number of hydrogen-bond donors (Lipinski definition) is 1. The highest BCUT2D eigenvalue weighted by molar-refractivity contribution is 7.89. The van der Waals surface area contributed by atoms with Crippen molar-refractivity contribution in [3.8, 4) is 5.75 Å². The second-order valence-electron chi connectivity index (χ2n) is 5.98. The van der Waals surface area contributed by atoms with Crippen molar-refractivity contribution in [3.63, 3.8) is 0 Å². The summed E-state index contributed by atoms with van der Waals surface area (Å²) in [7, 11) is -0.372. The van der Waals surface area contributed by atoms with Gasteiger partial charge in [-0.3, -0.25) is 0 Å². The first-order valence-electron chi connectivity index (χ1n) is 7.90. The van der Waals surface area contributed by atoms with Crippen LogP contribution in [0.2, 0.25) is 5.02 Å². The molecule has 1 N–H and O–H groups in total. The van der Waals surface area contributed by atoms with Crippen LogP contribution in [0, 0.1) is 6.92 Å². The molecule has 1 fully saturated rings. The maximum atomic E-state index is 13.3. The molecule has 25 heavy (non-hydrogen) atoms. The summed E-state index contributed by atoms with van der Waals surface area (Å²) in [6.07, 6.45) is 3.48. The molecule has 0 saturated carbocycles. The summed E-state index contributed by atoms with van der Waals surface area (Å²) in [5, 5.41) is 3.52. The van der Waals surface area contributed by atoms with Gasteiger partial charge < -0.3 is 14.6 Å². The Morgan fingerprint density at radius 1 is 1.40 bits per heavy atom. The van der Waals surface area contributed by atoms with Crippen molar-refractivity contribution in [2.45, 2.75) is 17.9 Å². The number of piperazine rings is 1. The second kappa shape index (κ2) is 6.95. The Morgan fingerprint density at radius 3 is 2.80 bits per heavy atom. The predicted molar refractivity (Wildman–Crippen MR) is 95.5 cm³/mol. The summed E-state index contributed by atoms with van der Waals surface area (Å²) < 4.78 is 35.2. The summed E-state index contributed by atoms with van der Waals surface area (Å²) in [4.78, 5) is 4.53. The lowest BCUT2D eigenvalue weighted by atomic mass is 10.2.